The summed E-state index contributed by atoms with van der Waals surface area (Å²) in [4.78, 5) is 28.9. The van der Waals surface area contributed by atoms with Gasteiger partial charge in [0.25, 0.3) is 5.91 Å². The summed E-state index contributed by atoms with van der Waals surface area (Å²) in [5.41, 5.74) is 2.54. The van der Waals surface area contributed by atoms with E-state index in [0.717, 1.165) is 42.2 Å². The van der Waals surface area contributed by atoms with E-state index in [0.29, 0.717) is 12.3 Å². The van der Waals surface area contributed by atoms with E-state index in [9.17, 15) is 14.0 Å². The van der Waals surface area contributed by atoms with Crippen LogP contribution in [0, 0.1) is 5.82 Å². The molecule has 0 bridgehead atoms. The van der Waals surface area contributed by atoms with Crippen LogP contribution in [-0.2, 0) is 6.42 Å². The maximum atomic E-state index is 14.0. The fraction of sp³-hybridized carbons (Fsp3) is 0.290. The number of amides is 1. The molecule has 0 radical (unpaired) electrons. The zero-order valence-corrected chi connectivity index (χ0v) is 21.1. The Morgan fingerprint density at radius 2 is 1.68 bits per heavy atom. The minimum atomic E-state index is -0.711. The molecule has 1 aliphatic heterocycles. The molecule has 37 heavy (non-hydrogen) atoms. The van der Waals surface area contributed by atoms with Gasteiger partial charge in [0.2, 0.25) is 5.76 Å². The Morgan fingerprint density at radius 1 is 0.919 bits per heavy atom. The Labute approximate surface area is 215 Å². The Hall–Kier alpha value is -3.93. The third kappa shape index (κ3) is 4.76. The van der Waals surface area contributed by atoms with Crippen LogP contribution in [0.1, 0.15) is 72.8 Å². The van der Waals surface area contributed by atoms with Gasteiger partial charge in [-0.25, -0.2) is 4.39 Å². The van der Waals surface area contributed by atoms with E-state index in [-0.39, 0.29) is 22.3 Å². The zero-order chi connectivity index (χ0) is 25.9. The van der Waals surface area contributed by atoms with Gasteiger partial charge in [0.15, 0.2) is 5.43 Å². The van der Waals surface area contributed by atoms with Crippen LogP contribution in [-0.4, -0.2) is 12.5 Å². The SMILES string of the molecule is CCCCCCOc1ccc(C2c3c(oc4ccc(F)cc4c3=O)C(=O)N2c2ccc(CC)cc2)cc1. The molecule has 5 rings (SSSR count). The Morgan fingerprint density at radius 3 is 2.38 bits per heavy atom. The molecule has 2 heterocycles. The van der Waals surface area contributed by atoms with Crippen molar-refractivity contribution in [1.82, 2.24) is 0 Å². The number of nitrogens with zero attached hydrogens (tertiary/aromatic N) is 1. The van der Waals surface area contributed by atoms with Crippen molar-refractivity contribution in [1.29, 1.82) is 0 Å². The molecule has 0 N–H and O–H groups in total. The van der Waals surface area contributed by atoms with Crippen molar-refractivity contribution in [2.45, 2.75) is 52.0 Å². The molecule has 1 unspecified atom stereocenters. The number of halogens is 1. The normalized spacial score (nSPS) is 14.8. The lowest BCUT2D eigenvalue weighted by Crippen LogP contribution is -2.29. The molecular weight excluding hydrogens is 469 g/mol. The van der Waals surface area contributed by atoms with Gasteiger partial charge in [0.05, 0.1) is 23.6 Å². The quantitative estimate of drug-likeness (QED) is 0.228. The smallest absolute Gasteiger partial charge is 0.295 e. The van der Waals surface area contributed by atoms with Crippen molar-refractivity contribution in [3.05, 3.63) is 105 Å². The second kappa shape index (κ2) is 10.6. The first-order valence-corrected chi connectivity index (χ1v) is 12.9. The molecule has 0 saturated heterocycles. The van der Waals surface area contributed by atoms with E-state index in [2.05, 4.69) is 13.8 Å². The Kier molecular flexibility index (Phi) is 7.08. The highest BCUT2D eigenvalue weighted by Crippen LogP contribution is 2.41. The van der Waals surface area contributed by atoms with Crippen molar-refractivity contribution < 1.29 is 18.3 Å². The van der Waals surface area contributed by atoms with Gasteiger partial charge in [-0.1, -0.05) is 57.4 Å². The first kappa shape index (κ1) is 24.8. The zero-order valence-electron chi connectivity index (χ0n) is 21.1. The van der Waals surface area contributed by atoms with E-state index >= 15 is 0 Å². The summed E-state index contributed by atoms with van der Waals surface area (Å²) in [7, 11) is 0. The monoisotopic (exact) mass is 499 g/mol. The van der Waals surface area contributed by atoms with Crippen LogP contribution >= 0.6 is 0 Å². The Bertz CT molecular complexity index is 1470. The number of anilines is 1. The minimum Gasteiger partial charge on any atom is -0.494 e. The largest absolute Gasteiger partial charge is 0.494 e. The van der Waals surface area contributed by atoms with Crippen molar-refractivity contribution in [3.8, 4) is 5.75 Å². The number of benzene rings is 3. The first-order valence-electron chi connectivity index (χ1n) is 12.9. The highest BCUT2D eigenvalue weighted by atomic mass is 19.1. The molecule has 5 nitrogen and oxygen atoms in total. The molecule has 190 valence electrons. The maximum Gasteiger partial charge on any atom is 0.295 e. The van der Waals surface area contributed by atoms with Gasteiger partial charge in [0, 0.05) is 5.69 Å². The van der Waals surface area contributed by atoms with Gasteiger partial charge < -0.3 is 9.15 Å². The summed E-state index contributed by atoms with van der Waals surface area (Å²) in [6.45, 7) is 4.88. The van der Waals surface area contributed by atoms with Gasteiger partial charge in [-0.15, -0.1) is 0 Å². The van der Waals surface area contributed by atoms with Gasteiger partial charge in [-0.3, -0.25) is 14.5 Å². The summed E-state index contributed by atoms with van der Waals surface area (Å²) < 4.78 is 25.8. The summed E-state index contributed by atoms with van der Waals surface area (Å²) in [5.74, 6) is -0.210. The topological polar surface area (TPSA) is 59.8 Å². The van der Waals surface area contributed by atoms with Crippen LogP contribution in [0.15, 0.2) is 75.9 Å². The summed E-state index contributed by atoms with van der Waals surface area (Å²) in [5, 5.41) is 0.117. The molecule has 0 aliphatic carbocycles. The average molecular weight is 500 g/mol. The molecule has 4 aromatic rings. The van der Waals surface area contributed by atoms with E-state index < -0.39 is 23.2 Å². The fourth-order valence-corrected chi connectivity index (χ4v) is 4.88. The van der Waals surface area contributed by atoms with Crippen molar-refractivity contribution in [2.75, 3.05) is 11.5 Å². The van der Waals surface area contributed by atoms with Gasteiger partial charge in [0.1, 0.15) is 17.1 Å². The number of hydrogen-bond donors (Lipinski definition) is 0. The second-order valence-electron chi connectivity index (χ2n) is 9.39. The molecule has 3 aromatic carbocycles. The lowest BCUT2D eigenvalue weighted by atomic mass is 9.98. The number of rotatable bonds is 9. The molecule has 1 atom stereocenters. The van der Waals surface area contributed by atoms with Crippen molar-refractivity contribution in [3.63, 3.8) is 0 Å². The molecule has 1 amide bonds. The maximum absolute atomic E-state index is 14.0. The molecule has 1 aromatic heterocycles. The van der Waals surface area contributed by atoms with Crippen LogP contribution in [0.4, 0.5) is 10.1 Å². The summed E-state index contributed by atoms with van der Waals surface area (Å²) in [6, 6.07) is 18.2. The van der Waals surface area contributed by atoms with Crippen LogP contribution in [0.5, 0.6) is 5.75 Å². The van der Waals surface area contributed by atoms with E-state index in [1.165, 1.54) is 25.0 Å². The van der Waals surface area contributed by atoms with Gasteiger partial charge in [-0.2, -0.15) is 0 Å². The predicted molar refractivity (Wildman–Crippen MR) is 143 cm³/mol. The number of aryl methyl sites for hydroxylation is 1. The standard InChI is InChI=1S/C31H30FNO4/c1-3-5-6-7-18-36-24-15-10-21(11-16-24)28-27-29(34)25-19-22(32)12-17-26(25)37-30(27)31(35)33(28)23-13-8-20(4-2)9-14-23/h8-17,19,28H,3-7,18H2,1-2H3. The predicted octanol–water partition coefficient (Wildman–Crippen LogP) is 7.20. The van der Waals surface area contributed by atoms with Crippen molar-refractivity contribution in [2.24, 2.45) is 0 Å². The molecule has 0 saturated carbocycles. The van der Waals surface area contributed by atoms with Gasteiger partial charge >= 0.3 is 0 Å². The first-order chi connectivity index (χ1) is 18.0. The van der Waals surface area contributed by atoms with Crippen molar-refractivity contribution >= 4 is 22.6 Å². The molecular formula is C31H30FNO4. The third-order valence-corrected chi connectivity index (χ3v) is 6.92. The van der Waals surface area contributed by atoms with E-state index in [4.69, 9.17) is 9.15 Å². The lowest BCUT2D eigenvalue weighted by molar-refractivity contribution is 0.0971. The third-order valence-electron chi connectivity index (χ3n) is 6.92. The lowest BCUT2D eigenvalue weighted by Gasteiger charge is -2.25. The second-order valence-corrected chi connectivity index (χ2v) is 9.39. The molecule has 1 aliphatic rings. The number of carbonyl (C=O) groups excluding carboxylic acids is 1. The van der Waals surface area contributed by atoms with Crippen LogP contribution < -0.4 is 15.1 Å². The fourth-order valence-electron chi connectivity index (χ4n) is 4.88. The molecule has 0 spiro atoms. The number of carbonyl (C=O) groups is 1. The number of unbranched alkanes of at least 4 members (excludes halogenated alkanes) is 3. The summed E-state index contributed by atoms with van der Waals surface area (Å²) in [6.07, 6.45) is 5.35. The molecule has 6 heteroatoms. The van der Waals surface area contributed by atoms with E-state index in [1.807, 2.05) is 48.5 Å². The van der Waals surface area contributed by atoms with Gasteiger partial charge in [-0.05, 0) is 66.4 Å². The number of fused-ring (bicyclic) bond motifs is 2. The van der Waals surface area contributed by atoms with Crippen LogP contribution in [0.25, 0.3) is 11.0 Å². The number of ether oxygens (including phenoxy) is 1. The molecule has 0 fully saturated rings. The highest BCUT2D eigenvalue weighted by molar-refractivity contribution is 6.10. The van der Waals surface area contributed by atoms with Crippen LogP contribution in [0.2, 0.25) is 0 Å². The van der Waals surface area contributed by atoms with Crippen LogP contribution in [0.3, 0.4) is 0 Å². The highest BCUT2D eigenvalue weighted by Gasteiger charge is 2.43. The minimum absolute atomic E-state index is 0.00933. The Balaban J connectivity index is 1.57. The van der Waals surface area contributed by atoms with E-state index in [1.54, 1.807) is 4.90 Å². The average Bonchev–Trinajstić information content (AvgIpc) is 3.21. The summed E-state index contributed by atoms with van der Waals surface area (Å²) >= 11 is 0. The number of hydrogen-bond acceptors (Lipinski definition) is 4.